The predicted molar refractivity (Wildman–Crippen MR) is 41.1 cm³/mol. The van der Waals surface area contributed by atoms with Crippen molar-refractivity contribution in [2.45, 2.75) is 13.8 Å². The van der Waals surface area contributed by atoms with E-state index in [1.54, 1.807) is 6.20 Å². The van der Waals surface area contributed by atoms with E-state index in [9.17, 15) is 0 Å². The Bertz CT molecular complexity index is 232. The third kappa shape index (κ3) is 1.23. The minimum absolute atomic E-state index is 0.822. The van der Waals surface area contributed by atoms with Crippen molar-refractivity contribution in [3.05, 3.63) is 17.6 Å². The van der Waals surface area contributed by atoms with Gasteiger partial charge in [0.15, 0.2) is 0 Å². The summed E-state index contributed by atoms with van der Waals surface area (Å²) in [4.78, 5) is 8.34. The number of hydrogen-bond donors (Lipinski definition) is 1. The molecule has 1 aromatic heterocycles. The lowest BCUT2D eigenvalue weighted by Gasteiger charge is -2.00. The average Bonchev–Trinajstić information content (AvgIpc) is 1.95. The third-order valence-electron chi connectivity index (χ3n) is 1.45. The summed E-state index contributed by atoms with van der Waals surface area (Å²) in [5, 5.41) is 2.92. The van der Waals surface area contributed by atoms with E-state index >= 15 is 0 Å². The van der Waals surface area contributed by atoms with Crippen molar-refractivity contribution in [1.29, 1.82) is 0 Å². The maximum absolute atomic E-state index is 4.22. The second kappa shape index (κ2) is 2.64. The summed E-state index contributed by atoms with van der Waals surface area (Å²) in [6.45, 7) is 3.89. The minimum Gasteiger partial charge on any atom is -0.372 e. The van der Waals surface area contributed by atoms with Gasteiger partial charge in [0.05, 0.1) is 17.6 Å². The topological polar surface area (TPSA) is 37.8 Å². The van der Waals surface area contributed by atoms with Gasteiger partial charge in [-0.1, -0.05) is 0 Å². The summed E-state index contributed by atoms with van der Waals surface area (Å²) in [7, 11) is 1.83. The highest BCUT2D eigenvalue weighted by atomic mass is 15.0. The van der Waals surface area contributed by atoms with Crippen molar-refractivity contribution in [1.82, 2.24) is 9.97 Å². The van der Waals surface area contributed by atoms with E-state index < -0.39 is 0 Å². The molecule has 1 rings (SSSR count). The highest BCUT2D eigenvalue weighted by Crippen LogP contribution is 2.03. The Labute approximate surface area is 60.5 Å². The van der Waals surface area contributed by atoms with E-state index in [-0.39, 0.29) is 0 Å². The molecule has 0 aliphatic rings. The molecular formula is C7H11N3. The molecule has 0 aromatic carbocycles. The molecule has 10 heavy (non-hydrogen) atoms. The summed E-state index contributed by atoms with van der Waals surface area (Å²) in [5.74, 6) is 0.822. The summed E-state index contributed by atoms with van der Waals surface area (Å²) in [5.41, 5.74) is 1.96. The van der Waals surface area contributed by atoms with Crippen LogP contribution in [0.2, 0.25) is 0 Å². The van der Waals surface area contributed by atoms with Crippen LogP contribution < -0.4 is 5.32 Å². The van der Waals surface area contributed by atoms with Gasteiger partial charge in [0.25, 0.3) is 0 Å². The van der Waals surface area contributed by atoms with Gasteiger partial charge in [-0.2, -0.15) is 0 Å². The van der Waals surface area contributed by atoms with Crippen molar-refractivity contribution in [3.63, 3.8) is 0 Å². The van der Waals surface area contributed by atoms with E-state index in [4.69, 9.17) is 0 Å². The third-order valence-corrected chi connectivity index (χ3v) is 1.45. The lowest BCUT2D eigenvalue weighted by atomic mass is 10.3. The van der Waals surface area contributed by atoms with Gasteiger partial charge < -0.3 is 5.32 Å². The van der Waals surface area contributed by atoms with Crippen LogP contribution in [0.5, 0.6) is 0 Å². The highest BCUT2D eigenvalue weighted by Gasteiger charge is 1.94. The quantitative estimate of drug-likeness (QED) is 0.630. The molecule has 1 heterocycles. The molecule has 0 spiro atoms. The highest BCUT2D eigenvalue weighted by molar-refractivity contribution is 5.31. The van der Waals surface area contributed by atoms with Crippen LogP contribution >= 0.6 is 0 Å². The summed E-state index contributed by atoms with van der Waals surface area (Å²) in [6.07, 6.45) is 1.72. The van der Waals surface area contributed by atoms with Crippen LogP contribution in [0.3, 0.4) is 0 Å². The zero-order valence-corrected chi connectivity index (χ0v) is 6.47. The normalized spacial score (nSPS) is 9.50. The first-order chi connectivity index (χ1) is 4.74. The Hall–Kier alpha value is -1.12. The minimum atomic E-state index is 0.822. The molecule has 0 saturated carbocycles. The fourth-order valence-electron chi connectivity index (χ4n) is 0.662. The largest absolute Gasteiger partial charge is 0.372 e. The zero-order chi connectivity index (χ0) is 7.56. The molecule has 0 unspecified atom stereocenters. The molecule has 0 amide bonds. The molecule has 0 aliphatic heterocycles. The number of aromatic nitrogens is 2. The van der Waals surface area contributed by atoms with E-state index in [1.165, 1.54) is 0 Å². The van der Waals surface area contributed by atoms with Gasteiger partial charge in [0, 0.05) is 7.05 Å². The molecule has 1 N–H and O–H groups in total. The maximum Gasteiger partial charge on any atom is 0.144 e. The maximum atomic E-state index is 4.22. The smallest absolute Gasteiger partial charge is 0.144 e. The van der Waals surface area contributed by atoms with Gasteiger partial charge in [-0.25, -0.2) is 4.98 Å². The second-order valence-corrected chi connectivity index (χ2v) is 2.18. The number of rotatable bonds is 1. The van der Waals surface area contributed by atoms with Gasteiger partial charge >= 0.3 is 0 Å². The van der Waals surface area contributed by atoms with Gasteiger partial charge in [0.1, 0.15) is 5.82 Å². The van der Waals surface area contributed by atoms with Crippen LogP contribution in [-0.2, 0) is 0 Å². The van der Waals surface area contributed by atoms with Crippen LogP contribution in [0.15, 0.2) is 6.20 Å². The Balaban J connectivity index is 3.04. The molecule has 0 radical (unpaired) electrons. The summed E-state index contributed by atoms with van der Waals surface area (Å²) < 4.78 is 0. The number of anilines is 1. The molecule has 0 bridgehead atoms. The summed E-state index contributed by atoms with van der Waals surface area (Å²) >= 11 is 0. The fraction of sp³-hybridized carbons (Fsp3) is 0.429. The van der Waals surface area contributed by atoms with Gasteiger partial charge in [-0.3, -0.25) is 4.98 Å². The molecule has 0 atom stereocenters. The van der Waals surface area contributed by atoms with Crippen LogP contribution in [0.1, 0.15) is 11.4 Å². The molecule has 54 valence electrons. The van der Waals surface area contributed by atoms with Crippen LogP contribution in [0.25, 0.3) is 0 Å². The number of hydrogen-bond acceptors (Lipinski definition) is 3. The number of aryl methyl sites for hydroxylation is 2. The first-order valence-electron chi connectivity index (χ1n) is 3.22. The van der Waals surface area contributed by atoms with E-state index in [0.717, 1.165) is 17.2 Å². The molecule has 3 heteroatoms. The SMILES string of the molecule is CNc1cnc(C)c(C)n1. The molecule has 0 aliphatic carbocycles. The second-order valence-electron chi connectivity index (χ2n) is 2.18. The Morgan fingerprint density at radius 2 is 2.00 bits per heavy atom. The van der Waals surface area contributed by atoms with Crippen LogP contribution in [0, 0.1) is 13.8 Å². The standard InChI is InChI=1S/C7H11N3/c1-5-6(2)10-7(8-3)4-9-5/h4H,1-3H3,(H,8,10). The molecule has 0 fully saturated rings. The van der Waals surface area contributed by atoms with E-state index in [1.807, 2.05) is 20.9 Å². The van der Waals surface area contributed by atoms with Crippen molar-refractivity contribution in [2.75, 3.05) is 12.4 Å². The van der Waals surface area contributed by atoms with Gasteiger partial charge in [0.2, 0.25) is 0 Å². The number of nitrogens with one attached hydrogen (secondary N) is 1. The van der Waals surface area contributed by atoms with Crippen molar-refractivity contribution in [2.24, 2.45) is 0 Å². The lowest BCUT2D eigenvalue weighted by molar-refractivity contribution is 1.05. The predicted octanol–water partition coefficient (Wildman–Crippen LogP) is 1.14. The lowest BCUT2D eigenvalue weighted by Crippen LogP contribution is -1.97. The summed E-state index contributed by atoms with van der Waals surface area (Å²) in [6, 6.07) is 0. The Morgan fingerprint density at radius 1 is 1.30 bits per heavy atom. The van der Waals surface area contributed by atoms with Crippen LogP contribution in [-0.4, -0.2) is 17.0 Å². The van der Waals surface area contributed by atoms with Gasteiger partial charge in [-0.05, 0) is 13.8 Å². The average molecular weight is 137 g/mol. The Morgan fingerprint density at radius 3 is 2.50 bits per heavy atom. The van der Waals surface area contributed by atoms with E-state index in [2.05, 4.69) is 15.3 Å². The van der Waals surface area contributed by atoms with Crippen LogP contribution in [0.4, 0.5) is 5.82 Å². The van der Waals surface area contributed by atoms with Crippen molar-refractivity contribution < 1.29 is 0 Å². The Kier molecular flexibility index (Phi) is 1.85. The van der Waals surface area contributed by atoms with Crippen molar-refractivity contribution in [3.8, 4) is 0 Å². The van der Waals surface area contributed by atoms with Gasteiger partial charge in [-0.15, -0.1) is 0 Å². The van der Waals surface area contributed by atoms with Crippen molar-refractivity contribution >= 4 is 5.82 Å². The first-order valence-corrected chi connectivity index (χ1v) is 3.22. The molecule has 0 saturated heterocycles. The molecule has 3 nitrogen and oxygen atoms in total. The molecular weight excluding hydrogens is 126 g/mol. The first kappa shape index (κ1) is 6.99. The zero-order valence-electron chi connectivity index (χ0n) is 6.47. The monoisotopic (exact) mass is 137 g/mol. The fourth-order valence-corrected chi connectivity index (χ4v) is 0.662. The molecule has 1 aromatic rings. The van der Waals surface area contributed by atoms with E-state index in [0.29, 0.717) is 0 Å². The number of nitrogens with zero attached hydrogens (tertiary/aromatic N) is 2.